The molecular weight excluding hydrogens is 288 g/mol. The molecule has 0 saturated carbocycles. The molecule has 0 fully saturated rings. The minimum Gasteiger partial charge on any atom is -0.352 e. The summed E-state index contributed by atoms with van der Waals surface area (Å²) < 4.78 is 28.5. The molecule has 1 aromatic heterocycles. The minimum absolute atomic E-state index is 0.0692. The molecule has 0 aliphatic carbocycles. The first-order valence-corrected chi connectivity index (χ1v) is 7.27. The van der Waals surface area contributed by atoms with E-state index in [9.17, 15) is 13.6 Å². The largest absolute Gasteiger partial charge is 0.352 e. The summed E-state index contributed by atoms with van der Waals surface area (Å²) in [7, 11) is 0. The lowest BCUT2D eigenvalue weighted by Gasteiger charge is -2.23. The zero-order chi connectivity index (χ0) is 15.7. The maximum atomic E-state index is 13.5. The van der Waals surface area contributed by atoms with E-state index in [1.54, 1.807) is 6.20 Å². The number of carbonyl (C=O) groups is 1. The van der Waals surface area contributed by atoms with Gasteiger partial charge in [-0.15, -0.1) is 0 Å². The van der Waals surface area contributed by atoms with Crippen molar-refractivity contribution in [1.82, 2.24) is 14.9 Å². The molecule has 0 saturated heterocycles. The first-order valence-electron chi connectivity index (χ1n) is 7.27. The van der Waals surface area contributed by atoms with Gasteiger partial charge in [0.15, 0.2) is 0 Å². The Morgan fingerprint density at radius 1 is 1.45 bits per heavy atom. The average Bonchev–Trinajstić information content (AvgIpc) is 2.87. The summed E-state index contributed by atoms with van der Waals surface area (Å²) in [5.41, 5.74) is 1.34. The predicted molar refractivity (Wildman–Crippen MR) is 77.0 cm³/mol. The molecule has 2 heterocycles. The van der Waals surface area contributed by atoms with Crippen LogP contribution in [0.5, 0.6) is 0 Å². The van der Waals surface area contributed by atoms with E-state index >= 15 is 0 Å². The second-order valence-corrected chi connectivity index (χ2v) is 5.59. The van der Waals surface area contributed by atoms with Gasteiger partial charge >= 0.3 is 0 Å². The molecule has 1 atom stereocenters. The molecule has 0 radical (unpaired) electrons. The van der Waals surface area contributed by atoms with Gasteiger partial charge in [0.05, 0.1) is 0 Å². The molecular formula is C16H17F2N3O. The first-order chi connectivity index (χ1) is 10.5. The summed E-state index contributed by atoms with van der Waals surface area (Å²) in [5, 5.41) is 2.74. The van der Waals surface area contributed by atoms with Gasteiger partial charge in [-0.3, -0.25) is 4.79 Å². The van der Waals surface area contributed by atoms with E-state index in [0.29, 0.717) is 6.42 Å². The molecule has 4 nitrogen and oxygen atoms in total. The fraction of sp³-hybridized carbons (Fsp3) is 0.375. The fourth-order valence-electron chi connectivity index (χ4n) is 2.84. The molecule has 1 amide bonds. The lowest BCUT2D eigenvalue weighted by atomic mass is 9.95. The Bertz CT molecular complexity index is 711. The fourth-order valence-corrected chi connectivity index (χ4v) is 2.84. The summed E-state index contributed by atoms with van der Waals surface area (Å²) >= 11 is 0. The number of hydrogen-bond acceptors (Lipinski definition) is 2. The van der Waals surface area contributed by atoms with Gasteiger partial charge in [0, 0.05) is 48.9 Å². The summed E-state index contributed by atoms with van der Waals surface area (Å²) in [5.74, 6) is -0.538. The quantitative estimate of drug-likeness (QED) is 0.946. The van der Waals surface area contributed by atoms with E-state index in [0.717, 1.165) is 30.6 Å². The number of aromatic nitrogens is 2. The van der Waals surface area contributed by atoms with Crippen molar-refractivity contribution in [2.24, 2.45) is 5.92 Å². The highest BCUT2D eigenvalue weighted by molar-refractivity contribution is 5.79. The number of fused-ring (bicyclic) bond motifs is 1. The van der Waals surface area contributed by atoms with Crippen LogP contribution in [-0.2, 0) is 24.3 Å². The minimum atomic E-state index is -0.641. The van der Waals surface area contributed by atoms with Gasteiger partial charge < -0.3 is 9.88 Å². The molecule has 0 bridgehead atoms. The number of amides is 1. The zero-order valence-corrected chi connectivity index (χ0v) is 12.3. The van der Waals surface area contributed by atoms with Crippen LogP contribution in [0.2, 0.25) is 0 Å². The lowest BCUT2D eigenvalue weighted by molar-refractivity contribution is -0.125. The van der Waals surface area contributed by atoms with Gasteiger partial charge in [-0.25, -0.2) is 13.8 Å². The standard InChI is InChI=1S/C16H17F2N3O/c1-10-19-9-14-6-11(4-5-21(10)14)16(22)20-8-12-2-3-13(17)7-15(12)18/h2-3,7,9,11H,4-6,8H2,1H3,(H,20,22). The number of nitrogens with one attached hydrogen (secondary N) is 1. The number of nitrogens with zero attached hydrogens (tertiary/aromatic N) is 2. The molecule has 1 aliphatic rings. The summed E-state index contributed by atoms with van der Waals surface area (Å²) in [6, 6.07) is 3.36. The Morgan fingerprint density at radius 3 is 3.05 bits per heavy atom. The third-order valence-corrected chi connectivity index (χ3v) is 4.13. The lowest BCUT2D eigenvalue weighted by Crippen LogP contribution is -2.35. The van der Waals surface area contributed by atoms with E-state index < -0.39 is 11.6 Å². The monoisotopic (exact) mass is 305 g/mol. The average molecular weight is 305 g/mol. The molecule has 1 aromatic carbocycles. The molecule has 1 N–H and O–H groups in total. The number of rotatable bonds is 3. The van der Waals surface area contributed by atoms with Crippen LogP contribution < -0.4 is 5.32 Å². The number of aryl methyl sites for hydroxylation is 1. The van der Waals surface area contributed by atoms with Crippen molar-refractivity contribution in [2.75, 3.05) is 0 Å². The first kappa shape index (κ1) is 14.7. The topological polar surface area (TPSA) is 46.9 Å². The van der Waals surface area contributed by atoms with Gasteiger partial charge in [-0.05, 0) is 19.4 Å². The van der Waals surface area contributed by atoms with Crippen molar-refractivity contribution < 1.29 is 13.6 Å². The van der Waals surface area contributed by atoms with Gasteiger partial charge in [0.25, 0.3) is 0 Å². The predicted octanol–water partition coefficient (Wildman–Crippen LogP) is 2.35. The highest BCUT2D eigenvalue weighted by Gasteiger charge is 2.25. The van der Waals surface area contributed by atoms with E-state index in [2.05, 4.69) is 14.9 Å². The highest BCUT2D eigenvalue weighted by atomic mass is 19.1. The maximum Gasteiger partial charge on any atom is 0.223 e. The molecule has 22 heavy (non-hydrogen) atoms. The van der Waals surface area contributed by atoms with Gasteiger partial charge in [0.1, 0.15) is 17.5 Å². The van der Waals surface area contributed by atoms with Crippen molar-refractivity contribution in [1.29, 1.82) is 0 Å². The molecule has 1 aliphatic heterocycles. The Balaban J connectivity index is 1.61. The van der Waals surface area contributed by atoms with Crippen LogP contribution >= 0.6 is 0 Å². The van der Waals surface area contributed by atoms with Crippen LogP contribution in [0.4, 0.5) is 8.78 Å². The number of halogens is 2. The van der Waals surface area contributed by atoms with Crippen LogP contribution in [0.3, 0.4) is 0 Å². The van der Waals surface area contributed by atoms with E-state index in [1.165, 1.54) is 12.1 Å². The molecule has 0 spiro atoms. The number of benzene rings is 1. The van der Waals surface area contributed by atoms with Crippen LogP contribution in [0.15, 0.2) is 24.4 Å². The Morgan fingerprint density at radius 2 is 2.27 bits per heavy atom. The molecule has 2 aromatic rings. The van der Waals surface area contributed by atoms with Gasteiger partial charge in [-0.2, -0.15) is 0 Å². The van der Waals surface area contributed by atoms with Crippen LogP contribution in [-0.4, -0.2) is 15.5 Å². The molecule has 1 unspecified atom stereocenters. The van der Waals surface area contributed by atoms with Crippen LogP contribution in [0.1, 0.15) is 23.5 Å². The van der Waals surface area contributed by atoms with Crippen molar-refractivity contribution in [2.45, 2.75) is 32.9 Å². The van der Waals surface area contributed by atoms with Crippen molar-refractivity contribution in [3.05, 3.63) is 53.1 Å². The Hall–Kier alpha value is -2.24. The Kier molecular flexibility index (Phi) is 3.92. The van der Waals surface area contributed by atoms with E-state index in [1.807, 2.05) is 6.92 Å². The maximum absolute atomic E-state index is 13.5. The number of hydrogen-bond donors (Lipinski definition) is 1. The third-order valence-electron chi connectivity index (χ3n) is 4.13. The Labute approximate surface area is 127 Å². The van der Waals surface area contributed by atoms with Gasteiger partial charge in [-0.1, -0.05) is 6.07 Å². The number of carbonyl (C=O) groups excluding carboxylic acids is 1. The SMILES string of the molecule is Cc1ncc2n1CCC(C(=O)NCc1ccc(F)cc1F)C2. The summed E-state index contributed by atoms with van der Waals surface area (Å²) in [4.78, 5) is 16.5. The van der Waals surface area contributed by atoms with Crippen LogP contribution in [0.25, 0.3) is 0 Å². The highest BCUT2D eigenvalue weighted by Crippen LogP contribution is 2.22. The number of imidazole rings is 1. The summed E-state index contributed by atoms with van der Waals surface area (Å²) in [6.45, 7) is 2.78. The van der Waals surface area contributed by atoms with E-state index in [4.69, 9.17) is 0 Å². The normalized spacial score (nSPS) is 17.1. The molecule has 116 valence electrons. The second kappa shape index (κ2) is 5.87. The van der Waals surface area contributed by atoms with Crippen molar-refractivity contribution >= 4 is 5.91 Å². The summed E-state index contributed by atoms with van der Waals surface area (Å²) in [6.07, 6.45) is 3.18. The molecule has 3 rings (SSSR count). The van der Waals surface area contributed by atoms with Crippen molar-refractivity contribution in [3.63, 3.8) is 0 Å². The third kappa shape index (κ3) is 2.86. The smallest absolute Gasteiger partial charge is 0.223 e. The second-order valence-electron chi connectivity index (χ2n) is 5.59. The van der Waals surface area contributed by atoms with Gasteiger partial charge in [0.2, 0.25) is 5.91 Å². The zero-order valence-electron chi connectivity index (χ0n) is 12.3. The van der Waals surface area contributed by atoms with Crippen molar-refractivity contribution in [3.8, 4) is 0 Å². The molecule has 6 heteroatoms. The van der Waals surface area contributed by atoms with E-state index in [-0.39, 0.29) is 23.9 Å². The van der Waals surface area contributed by atoms with Crippen LogP contribution in [0, 0.1) is 24.5 Å².